The van der Waals surface area contributed by atoms with E-state index in [1.807, 2.05) is 61.5 Å². The van der Waals surface area contributed by atoms with Crippen LogP contribution in [-0.4, -0.2) is 13.0 Å². The molecule has 0 aliphatic rings. The smallest absolute Gasteiger partial charge is 0.302 e. The van der Waals surface area contributed by atoms with Gasteiger partial charge in [-0.15, -0.1) is 0 Å². The molecule has 7 heteroatoms. The zero-order valence-corrected chi connectivity index (χ0v) is 17.6. The number of aryl methyl sites for hydroxylation is 2. The lowest BCUT2D eigenvalue weighted by molar-refractivity contribution is 0.572. The van der Waals surface area contributed by atoms with Gasteiger partial charge >= 0.3 is 4.87 Å². The molecule has 1 N–H and O–H groups in total. The van der Waals surface area contributed by atoms with Crippen LogP contribution in [0.4, 0.5) is 0 Å². The summed E-state index contributed by atoms with van der Waals surface area (Å²) in [7, 11) is -2.14. The van der Waals surface area contributed by atoms with Crippen LogP contribution in [0.15, 0.2) is 82.5 Å². The molecule has 0 amide bonds. The van der Waals surface area contributed by atoms with E-state index in [0.29, 0.717) is 4.70 Å². The number of thiazole rings is 1. The number of fused-ring (bicyclic) bond motifs is 1. The number of nitrogens with zero attached hydrogens (tertiary/aromatic N) is 1. The molecule has 3 aromatic carbocycles. The van der Waals surface area contributed by atoms with Gasteiger partial charge in [-0.2, -0.15) is 4.72 Å². The normalized spacial score (nSPS) is 12.9. The van der Waals surface area contributed by atoms with Gasteiger partial charge in [-0.05, 0) is 36.2 Å². The number of aromatic nitrogens is 1. The van der Waals surface area contributed by atoms with Crippen LogP contribution in [0.25, 0.3) is 10.2 Å². The van der Waals surface area contributed by atoms with E-state index >= 15 is 0 Å². The average Bonchev–Trinajstić information content (AvgIpc) is 3.01. The molecular formula is C22H20N2O3S2. The van der Waals surface area contributed by atoms with Crippen LogP contribution < -0.4 is 9.60 Å². The SMILES string of the molecule is Cc1ccc([C@@H](NS(=O)(=O)c2ccc3c(c2)sc(=O)n3C)c2ccccc2)cc1. The molecule has 1 atom stereocenters. The minimum absolute atomic E-state index is 0.121. The Morgan fingerprint density at radius 1 is 0.931 bits per heavy atom. The van der Waals surface area contributed by atoms with Gasteiger partial charge in [0.15, 0.2) is 0 Å². The Morgan fingerprint density at radius 2 is 1.59 bits per heavy atom. The molecule has 0 unspecified atom stereocenters. The van der Waals surface area contributed by atoms with Crippen LogP contribution in [0, 0.1) is 6.92 Å². The van der Waals surface area contributed by atoms with Crippen molar-refractivity contribution in [2.75, 3.05) is 0 Å². The third-order valence-electron chi connectivity index (χ3n) is 4.89. The lowest BCUT2D eigenvalue weighted by Crippen LogP contribution is -2.29. The Morgan fingerprint density at radius 3 is 2.28 bits per heavy atom. The fourth-order valence-electron chi connectivity index (χ4n) is 3.24. The van der Waals surface area contributed by atoms with Gasteiger partial charge in [0.2, 0.25) is 10.0 Å². The zero-order chi connectivity index (χ0) is 20.6. The predicted octanol–water partition coefficient (Wildman–Crippen LogP) is 3.98. The van der Waals surface area contributed by atoms with Crippen molar-refractivity contribution in [3.8, 4) is 0 Å². The summed E-state index contributed by atoms with van der Waals surface area (Å²) in [4.78, 5) is 11.9. The van der Waals surface area contributed by atoms with Crippen molar-refractivity contribution in [1.82, 2.24) is 9.29 Å². The Balaban J connectivity index is 1.76. The van der Waals surface area contributed by atoms with Gasteiger partial charge in [0, 0.05) is 7.05 Å². The van der Waals surface area contributed by atoms with Gasteiger partial charge in [-0.25, -0.2) is 8.42 Å². The maximum Gasteiger partial charge on any atom is 0.307 e. The number of sulfonamides is 1. The van der Waals surface area contributed by atoms with E-state index in [4.69, 9.17) is 0 Å². The number of nitrogens with one attached hydrogen (secondary N) is 1. The predicted molar refractivity (Wildman–Crippen MR) is 117 cm³/mol. The summed E-state index contributed by atoms with van der Waals surface area (Å²) in [6, 6.07) is 21.5. The topological polar surface area (TPSA) is 68.2 Å². The Kier molecular flexibility index (Phi) is 5.12. The zero-order valence-electron chi connectivity index (χ0n) is 16.0. The van der Waals surface area contributed by atoms with Crippen molar-refractivity contribution < 1.29 is 8.42 Å². The molecule has 0 fully saturated rings. The van der Waals surface area contributed by atoms with E-state index in [0.717, 1.165) is 33.5 Å². The summed E-state index contributed by atoms with van der Waals surface area (Å²) in [5.74, 6) is 0. The minimum atomic E-state index is -3.82. The molecule has 0 saturated carbocycles. The largest absolute Gasteiger partial charge is 0.307 e. The van der Waals surface area contributed by atoms with Crippen molar-refractivity contribution in [3.05, 3.63) is 99.2 Å². The molecule has 29 heavy (non-hydrogen) atoms. The summed E-state index contributed by atoms with van der Waals surface area (Å²) < 4.78 is 31.4. The maximum absolute atomic E-state index is 13.2. The molecule has 0 spiro atoms. The first-order valence-electron chi connectivity index (χ1n) is 9.08. The molecule has 4 aromatic rings. The van der Waals surface area contributed by atoms with Crippen molar-refractivity contribution in [1.29, 1.82) is 0 Å². The van der Waals surface area contributed by atoms with E-state index in [1.54, 1.807) is 19.2 Å². The number of rotatable bonds is 5. The quantitative estimate of drug-likeness (QED) is 0.527. The first-order valence-corrected chi connectivity index (χ1v) is 11.4. The highest BCUT2D eigenvalue weighted by Crippen LogP contribution is 2.27. The van der Waals surface area contributed by atoms with Crippen LogP contribution in [0.2, 0.25) is 0 Å². The molecule has 0 saturated heterocycles. The fourth-order valence-corrected chi connectivity index (χ4v) is 5.47. The van der Waals surface area contributed by atoms with Gasteiger partial charge in [0.05, 0.1) is 21.2 Å². The standard InChI is InChI=1S/C22H20N2O3S2/c1-15-8-10-17(11-9-15)21(16-6-4-3-5-7-16)23-29(26,27)18-12-13-19-20(14-18)28-22(25)24(19)2/h3-14,21,23H,1-2H3/t21-/m0/s1. The van der Waals surface area contributed by atoms with Crippen LogP contribution in [0.3, 0.4) is 0 Å². The van der Waals surface area contributed by atoms with E-state index in [9.17, 15) is 13.2 Å². The maximum atomic E-state index is 13.2. The molecule has 0 aliphatic heterocycles. The number of benzene rings is 3. The average molecular weight is 425 g/mol. The summed E-state index contributed by atoms with van der Waals surface area (Å²) in [5.41, 5.74) is 3.53. The molecule has 5 nitrogen and oxygen atoms in total. The summed E-state index contributed by atoms with van der Waals surface area (Å²) in [5, 5.41) is 0. The molecule has 1 heterocycles. The Bertz CT molecular complexity index is 1320. The fraction of sp³-hybridized carbons (Fsp3) is 0.136. The van der Waals surface area contributed by atoms with Crippen molar-refractivity contribution in [2.24, 2.45) is 7.05 Å². The number of hydrogen-bond acceptors (Lipinski definition) is 4. The second-order valence-electron chi connectivity index (χ2n) is 6.93. The molecular weight excluding hydrogens is 404 g/mol. The second-order valence-corrected chi connectivity index (χ2v) is 9.64. The summed E-state index contributed by atoms with van der Waals surface area (Å²) >= 11 is 1.04. The van der Waals surface area contributed by atoms with E-state index in [-0.39, 0.29) is 9.77 Å². The van der Waals surface area contributed by atoms with Gasteiger partial charge in [0.25, 0.3) is 0 Å². The van der Waals surface area contributed by atoms with Crippen LogP contribution in [-0.2, 0) is 17.1 Å². The van der Waals surface area contributed by atoms with Crippen molar-refractivity contribution in [3.63, 3.8) is 0 Å². The van der Waals surface area contributed by atoms with E-state index in [1.165, 1.54) is 10.6 Å². The lowest BCUT2D eigenvalue weighted by atomic mass is 9.99. The highest BCUT2D eigenvalue weighted by Gasteiger charge is 2.23. The van der Waals surface area contributed by atoms with Crippen LogP contribution in [0.1, 0.15) is 22.7 Å². The highest BCUT2D eigenvalue weighted by atomic mass is 32.2. The summed E-state index contributed by atoms with van der Waals surface area (Å²) in [6.45, 7) is 1.99. The van der Waals surface area contributed by atoms with Gasteiger partial charge in [-0.1, -0.05) is 71.5 Å². The Labute approximate surface area is 173 Å². The Hall–Kier alpha value is -2.74. The van der Waals surface area contributed by atoms with Gasteiger partial charge in [0.1, 0.15) is 0 Å². The number of hydrogen-bond donors (Lipinski definition) is 1. The van der Waals surface area contributed by atoms with E-state index in [2.05, 4.69) is 4.72 Å². The first kappa shape index (κ1) is 19.6. The molecule has 1 aromatic heterocycles. The third kappa shape index (κ3) is 3.89. The summed E-state index contributed by atoms with van der Waals surface area (Å²) in [6.07, 6.45) is 0. The second kappa shape index (κ2) is 7.59. The van der Waals surface area contributed by atoms with E-state index < -0.39 is 16.1 Å². The molecule has 4 rings (SSSR count). The van der Waals surface area contributed by atoms with Gasteiger partial charge in [-0.3, -0.25) is 4.79 Å². The van der Waals surface area contributed by atoms with Crippen molar-refractivity contribution in [2.45, 2.75) is 17.9 Å². The molecule has 0 radical (unpaired) electrons. The molecule has 148 valence electrons. The third-order valence-corrected chi connectivity index (χ3v) is 7.31. The first-order chi connectivity index (χ1) is 13.8. The lowest BCUT2D eigenvalue weighted by Gasteiger charge is -2.20. The van der Waals surface area contributed by atoms with Crippen molar-refractivity contribution >= 4 is 31.6 Å². The van der Waals surface area contributed by atoms with Gasteiger partial charge < -0.3 is 4.57 Å². The minimum Gasteiger partial charge on any atom is -0.302 e. The molecule has 0 bridgehead atoms. The highest BCUT2D eigenvalue weighted by molar-refractivity contribution is 7.89. The van der Waals surface area contributed by atoms with Crippen LogP contribution in [0.5, 0.6) is 0 Å². The molecule has 0 aliphatic carbocycles. The van der Waals surface area contributed by atoms with Crippen LogP contribution >= 0.6 is 11.3 Å². The monoisotopic (exact) mass is 424 g/mol.